The number of halogens is 3. The third-order valence-corrected chi connectivity index (χ3v) is 5.50. The van der Waals surface area contributed by atoms with E-state index in [4.69, 9.17) is 10.5 Å². The predicted molar refractivity (Wildman–Crippen MR) is 112 cm³/mol. The van der Waals surface area contributed by atoms with Gasteiger partial charge in [0, 0.05) is 25.1 Å². The molecule has 2 heterocycles. The summed E-state index contributed by atoms with van der Waals surface area (Å²) in [5.74, 6) is -1.56. The number of ether oxygens (including phenoxy) is 1. The number of amides is 2. The van der Waals surface area contributed by atoms with Crippen LogP contribution in [0.25, 0.3) is 5.69 Å². The van der Waals surface area contributed by atoms with Gasteiger partial charge in [0.2, 0.25) is 5.91 Å². The fourth-order valence-corrected chi connectivity index (χ4v) is 3.93. The first-order valence-corrected chi connectivity index (χ1v) is 10.6. The lowest BCUT2D eigenvalue weighted by Crippen LogP contribution is -2.40. The van der Waals surface area contributed by atoms with Crippen LogP contribution >= 0.6 is 0 Å². The van der Waals surface area contributed by atoms with E-state index in [0.717, 1.165) is 19.0 Å². The van der Waals surface area contributed by atoms with Crippen LogP contribution in [-0.2, 0) is 15.7 Å². The number of carbonyl (C=O) groups excluding carboxylic acids is 3. The number of hydrogen-bond acceptors (Lipinski definition) is 5. The highest BCUT2D eigenvalue weighted by Gasteiger charge is 2.41. The van der Waals surface area contributed by atoms with Crippen LogP contribution in [-0.4, -0.2) is 52.2 Å². The minimum absolute atomic E-state index is 0.0485. The average Bonchev–Trinajstić information content (AvgIpc) is 3.24. The number of aromatic nitrogens is 2. The molecular formula is C22H25F3N4O4. The molecular weight excluding hydrogens is 441 g/mol. The van der Waals surface area contributed by atoms with Crippen molar-refractivity contribution in [1.82, 2.24) is 14.7 Å². The molecule has 0 radical (unpaired) electrons. The lowest BCUT2D eigenvalue weighted by atomic mass is 9.93. The molecule has 1 saturated heterocycles. The summed E-state index contributed by atoms with van der Waals surface area (Å²) < 4.78 is 46.3. The number of rotatable bonds is 7. The lowest BCUT2D eigenvalue weighted by Gasteiger charge is -2.32. The molecule has 3 rings (SSSR count). The number of piperidine rings is 1. The van der Waals surface area contributed by atoms with E-state index in [2.05, 4.69) is 5.10 Å². The summed E-state index contributed by atoms with van der Waals surface area (Å²) in [7, 11) is 0. The second-order valence-corrected chi connectivity index (χ2v) is 7.85. The second kappa shape index (κ2) is 10.1. The lowest BCUT2D eigenvalue weighted by molar-refractivity contribution is -0.143. The van der Waals surface area contributed by atoms with Gasteiger partial charge < -0.3 is 15.4 Å². The summed E-state index contributed by atoms with van der Waals surface area (Å²) in [5, 5.41) is 3.73. The maximum absolute atomic E-state index is 13.7. The Morgan fingerprint density at radius 1 is 1.21 bits per heavy atom. The van der Waals surface area contributed by atoms with Gasteiger partial charge in [-0.15, -0.1) is 0 Å². The molecule has 33 heavy (non-hydrogen) atoms. The zero-order valence-electron chi connectivity index (χ0n) is 18.1. The van der Waals surface area contributed by atoms with E-state index in [1.165, 1.54) is 31.2 Å². The molecule has 0 spiro atoms. The summed E-state index contributed by atoms with van der Waals surface area (Å²) in [6.45, 7) is 2.48. The first-order chi connectivity index (χ1) is 15.6. The minimum atomic E-state index is -4.85. The first-order valence-electron chi connectivity index (χ1n) is 10.6. The zero-order chi connectivity index (χ0) is 24.2. The van der Waals surface area contributed by atoms with E-state index < -0.39 is 23.4 Å². The summed E-state index contributed by atoms with van der Waals surface area (Å²) in [4.78, 5) is 37.5. The van der Waals surface area contributed by atoms with Gasteiger partial charge in [0.25, 0.3) is 5.91 Å². The van der Waals surface area contributed by atoms with Crippen LogP contribution in [0.3, 0.4) is 0 Å². The van der Waals surface area contributed by atoms with Gasteiger partial charge in [-0.1, -0.05) is 0 Å². The molecule has 2 amide bonds. The van der Waals surface area contributed by atoms with Crippen molar-refractivity contribution >= 4 is 17.8 Å². The van der Waals surface area contributed by atoms with Crippen molar-refractivity contribution in [2.24, 2.45) is 11.7 Å². The van der Waals surface area contributed by atoms with Gasteiger partial charge in [-0.25, -0.2) is 9.48 Å². The smallest absolute Gasteiger partial charge is 0.434 e. The topological polar surface area (TPSA) is 108 Å². The van der Waals surface area contributed by atoms with E-state index in [-0.39, 0.29) is 36.4 Å². The van der Waals surface area contributed by atoms with Crippen LogP contribution in [0.2, 0.25) is 0 Å². The molecule has 0 saturated carbocycles. The van der Waals surface area contributed by atoms with Crippen molar-refractivity contribution < 1.29 is 32.3 Å². The van der Waals surface area contributed by atoms with Crippen LogP contribution < -0.4 is 5.73 Å². The third-order valence-electron chi connectivity index (χ3n) is 5.50. The molecule has 178 valence electrons. The Balaban J connectivity index is 1.80. The maximum atomic E-state index is 13.7. The highest BCUT2D eigenvalue weighted by molar-refractivity contribution is 5.94. The predicted octanol–water partition coefficient (Wildman–Crippen LogP) is 3.19. The molecule has 0 aliphatic carbocycles. The number of primary amides is 1. The second-order valence-electron chi connectivity index (χ2n) is 7.85. The van der Waals surface area contributed by atoms with Gasteiger partial charge in [-0.2, -0.15) is 18.3 Å². The Kier molecular flexibility index (Phi) is 7.39. The molecule has 1 aromatic heterocycles. The average molecular weight is 466 g/mol. The number of nitrogens with zero attached hydrogens (tertiary/aromatic N) is 3. The summed E-state index contributed by atoms with van der Waals surface area (Å²) in [6, 6.07) is 5.55. The van der Waals surface area contributed by atoms with E-state index in [9.17, 15) is 27.6 Å². The number of hydrogen-bond donors (Lipinski definition) is 1. The Labute approximate surface area is 188 Å². The number of likely N-dealkylation sites (tertiary alicyclic amines) is 1. The Hall–Kier alpha value is -3.37. The van der Waals surface area contributed by atoms with Crippen molar-refractivity contribution in [3.05, 3.63) is 47.3 Å². The quantitative estimate of drug-likeness (QED) is 0.631. The highest BCUT2D eigenvalue weighted by Crippen LogP contribution is 2.34. The highest BCUT2D eigenvalue weighted by atomic mass is 19.4. The fourth-order valence-electron chi connectivity index (χ4n) is 3.93. The molecule has 0 bridgehead atoms. The Morgan fingerprint density at radius 2 is 1.91 bits per heavy atom. The van der Waals surface area contributed by atoms with Crippen LogP contribution in [0.15, 0.2) is 30.5 Å². The normalized spacial score (nSPS) is 16.5. The molecule has 1 atom stereocenters. The summed E-state index contributed by atoms with van der Waals surface area (Å²) in [5.41, 5.74) is 3.65. The number of nitrogens with two attached hydrogens (primary N) is 1. The molecule has 1 aliphatic rings. The summed E-state index contributed by atoms with van der Waals surface area (Å²) in [6.07, 6.45) is -1.45. The molecule has 2 aromatic rings. The van der Waals surface area contributed by atoms with Gasteiger partial charge >= 0.3 is 12.1 Å². The third kappa shape index (κ3) is 5.71. The van der Waals surface area contributed by atoms with Crippen molar-refractivity contribution in [1.29, 1.82) is 0 Å². The molecule has 11 heteroatoms. The number of benzene rings is 1. The standard InChI is InChI=1S/C22H25F3N4O4/c1-2-33-21(32)17-12-27-29(19(17)22(23,24)25)16-8-6-15(7-9-16)20(31)28-11-3-4-14(13-28)5-10-18(26)30/h6-9,12,14H,2-5,10-11,13H2,1H3,(H2,26,30)/t14-/m0/s1. The Morgan fingerprint density at radius 3 is 2.52 bits per heavy atom. The van der Waals surface area contributed by atoms with Gasteiger partial charge in [0.05, 0.1) is 18.5 Å². The van der Waals surface area contributed by atoms with Gasteiger partial charge in [0.15, 0.2) is 5.69 Å². The van der Waals surface area contributed by atoms with E-state index >= 15 is 0 Å². The largest absolute Gasteiger partial charge is 0.462 e. The Bertz CT molecular complexity index is 1020. The fraction of sp³-hybridized carbons (Fsp3) is 0.455. The number of esters is 1. The molecule has 1 aromatic carbocycles. The van der Waals surface area contributed by atoms with Crippen molar-refractivity contribution in [3.63, 3.8) is 0 Å². The molecule has 1 fully saturated rings. The maximum Gasteiger partial charge on any atom is 0.434 e. The molecule has 8 nitrogen and oxygen atoms in total. The van der Waals surface area contributed by atoms with E-state index in [1.54, 1.807) is 4.90 Å². The molecule has 2 N–H and O–H groups in total. The van der Waals surface area contributed by atoms with Gasteiger partial charge in [-0.05, 0) is 56.4 Å². The van der Waals surface area contributed by atoms with Crippen molar-refractivity contribution in [2.45, 2.75) is 38.8 Å². The van der Waals surface area contributed by atoms with Crippen LogP contribution in [0, 0.1) is 5.92 Å². The van der Waals surface area contributed by atoms with Crippen molar-refractivity contribution in [3.8, 4) is 5.69 Å². The van der Waals surface area contributed by atoms with Crippen LogP contribution in [0.1, 0.15) is 59.0 Å². The SMILES string of the molecule is CCOC(=O)c1cnn(-c2ccc(C(=O)N3CCC[C@@H](CCC(N)=O)C3)cc2)c1C(F)(F)F. The zero-order valence-corrected chi connectivity index (χ0v) is 18.1. The van der Waals surface area contributed by atoms with Crippen molar-refractivity contribution in [2.75, 3.05) is 19.7 Å². The van der Waals surface area contributed by atoms with Crippen LogP contribution in [0.5, 0.6) is 0 Å². The van der Waals surface area contributed by atoms with Gasteiger partial charge in [-0.3, -0.25) is 9.59 Å². The van der Waals surface area contributed by atoms with E-state index in [0.29, 0.717) is 29.8 Å². The monoisotopic (exact) mass is 466 g/mol. The number of alkyl halides is 3. The van der Waals surface area contributed by atoms with E-state index in [1.807, 2.05) is 0 Å². The summed E-state index contributed by atoms with van der Waals surface area (Å²) >= 11 is 0. The number of carbonyl (C=O) groups is 3. The van der Waals surface area contributed by atoms with Gasteiger partial charge in [0.1, 0.15) is 5.56 Å². The van der Waals surface area contributed by atoms with Crippen LogP contribution in [0.4, 0.5) is 13.2 Å². The first kappa shape index (κ1) is 24.3. The molecule has 0 unspecified atom stereocenters. The minimum Gasteiger partial charge on any atom is -0.462 e. The molecule has 1 aliphatic heterocycles.